The number of benzene rings is 1. The Labute approximate surface area is 110 Å². The van der Waals surface area contributed by atoms with E-state index in [0.29, 0.717) is 5.69 Å². The van der Waals surface area contributed by atoms with Gasteiger partial charge in [-0.15, -0.1) is 0 Å². The summed E-state index contributed by atoms with van der Waals surface area (Å²) in [4.78, 5) is 14.5. The summed E-state index contributed by atoms with van der Waals surface area (Å²) < 4.78 is 0.914. The molecular formula is C10H7BrN6O. The molecule has 0 radical (unpaired) electrons. The first-order valence-electron chi connectivity index (χ1n) is 4.86. The number of nitrogens with zero attached hydrogens (tertiary/aromatic N) is 4. The Hall–Kier alpha value is -2.31. The van der Waals surface area contributed by atoms with Crippen LogP contribution in [0.2, 0.25) is 0 Å². The van der Waals surface area contributed by atoms with Crippen LogP contribution in [0.5, 0.6) is 0 Å². The van der Waals surface area contributed by atoms with Gasteiger partial charge in [-0.3, -0.25) is 9.89 Å². The van der Waals surface area contributed by atoms with Crippen molar-refractivity contribution in [3.05, 3.63) is 51.1 Å². The minimum absolute atomic E-state index is 0.121. The van der Waals surface area contributed by atoms with Crippen molar-refractivity contribution >= 4 is 33.2 Å². The second-order valence-electron chi connectivity index (χ2n) is 3.28. The molecule has 1 amide bonds. The van der Waals surface area contributed by atoms with Crippen LogP contribution in [0, 0.1) is 0 Å². The molecule has 2 aromatic rings. The van der Waals surface area contributed by atoms with Gasteiger partial charge < -0.3 is 5.32 Å². The van der Waals surface area contributed by atoms with Crippen LogP contribution < -0.4 is 5.32 Å². The van der Waals surface area contributed by atoms with Crippen LogP contribution in [-0.2, 0) is 0 Å². The summed E-state index contributed by atoms with van der Waals surface area (Å²) in [6.45, 7) is 0. The zero-order valence-corrected chi connectivity index (χ0v) is 10.5. The van der Waals surface area contributed by atoms with Crippen molar-refractivity contribution in [2.75, 3.05) is 5.32 Å². The van der Waals surface area contributed by atoms with Crippen LogP contribution in [0.1, 0.15) is 10.5 Å². The summed E-state index contributed by atoms with van der Waals surface area (Å²) in [5.74, 6) is -0.419. The predicted molar refractivity (Wildman–Crippen MR) is 69.5 cm³/mol. The van der Waals surface area contributed by atoms with Gasteiger partial charge in [0, 0.05) is 15.1 Å². The SMILES string of the molecule is [N-]=[N+]=Nc1cn[nH]c1C(=O)Nc1ccc(Br)cc1. The van der Waals surface area contributed by atoms with Gasteiger partial charge in [0.05, 0.1) is 11.9 Å². The van der Waals surface area contributed by atoms with Crippen molar-refractivity contribution < 1.29 is 4.79 Å². The Balaban J connectivity index is 2.19. The van der Waals surface area contributed by atoms with E-state index in [1.807, 2.05) is 0 Å². The number of carbonyl (C=O) groups is 1. The number of azide groups is 1. The minimum Gasteiger partial charge on any atom is -0.321 e. The molecule has 1 aromatic carbocycles. The molecule has 0 atom stereocenters. The Morgan fingerprint density at radius 1 is 1.44 bits per heavy atom. The lowest BCUT2D eigenvalue weighted by atomic mass is 10.3. The third kappa shape index (κ3) is 2.68. The molecule has 0 saturated heterocycles. The summed E-state index contributed by atoms with van der Waals surface area (Å²) >= 11 is 3.30. The molecule has 0 saturated carbocycles. The number of hydrogen-bond donors (Lipinski definition) is 2. The maximum atomic E-state index is 11.9. The average Bonchev–Trinajstić information content (AvgIpc) is 2.81. The quantitative estimate of drug-likeness (QED) is 0.515. The van der Waals surface area contributed by atoms with Crippen LogP contribution >= 0.6 is 15.9 Å². The monoisotopic (exact) mass is 306 g/mol. The summed E-state index contributed by atoms with van der Waals surface area (Å²) in [5.41, 5.74) is 9.25. The third-order valence-electron chi connectivity index (χ3n) is 2.10. The molecule has 0 aliphatic heterocycles. The van der Waals surface area contributed by atoms with Crippen LogP contribution in [-0.4, -0.2) is 16.1 Å². The molecule has 0 bridgehead atoms. The molecule has 0 unspecified atom stereocenters. The highest BCUT2D eigenvalue weighted by Gasteiger charge is 2.12. The molecule has 2 rings (SSSR count). The van der Waals surface area contributed by atoms with Crippen LogP contribution in [0.15, 0.2) is 40.0 Å². The van der Waals surface area contributed by atoms with Crippen LogP contribution in [0.3, 0.4) is 0 Å². The summed E-state index contributed by atoms with van der Waals surface area (Å²) in [6, 6.07) is 7.09. The van der Waals surface area contributed by atoms with E-state index in [1.54, 1.807) is 24.3 Å². The molecule has 7 nitrogen and oxygen atoms in total. The number of amides is 1. The van der Waals surface area contributed by atoms with E-state index in [4.69, 9.17) is 5.53 Å². The highest BCUT2D eigenvalue weighted by Crippen LogP contribution is 2.19. The Kier molecular flexibility index (Phi) is 3.61. The Morgan fingerprint density at radius 2 is 2.17 bits per heavy atom. The van der Waals surface area contributed by atoms with Gasteiger partial charge in [0.2, 0.25) is 0 Å². The third-order valence-corrected chi connectivity index (χ3v) is 2.63. The largest absolute Gasteiger partial charge is 0.321 e. The normalized spacial score (nSPS) is 9.61. The summed E-state index contributed by atoms with van der Waals surface area (Å²) in [5, 5.41) is 12.2. The number of aromatic amines is 1. The van der Waals surface area contributed by atoms with E-state index >= 15 is 0 Å². The fourth-order valence-corrected chi connectivity index (χ4v) is 1.56. The van der Waals surface area contributed by atoms with Crippen molar-refractivity contribution in [2.24, 2.45) is 5.11 Å². The first-order chi connectivity index (χ1) is 8.70. The first kappa shape index (κ1) is 12.2. The Bertz CT molecular complexity index is 614. The van der Waals surface area contributed by atoms with Gasteiger partial charge in [-0.05, 0) is 29.8 Å². The number of anilines is 1. The zero-order chi connectivity index (χ0) is 13.0. The van der Waals surface area contributed by atoms with Gasteiger partial charge >= 0.3 is 0 Å². The molecule has 8 heteroatoms. The van der Waals surface area contributed by atoms with Gasteiger partial charge in [0.25, 0.3) is 5.91 Å². The zero-order valence-electron chi connectivity index (χ0n) is 8.96. The fourth-order valence-electron chi connectivity index (χ4n) is 1.30. The molecule has 1 heterocycles. The fraction of sp³-hybridized carbons (Fsp3) is 0. The molecule has 18 heavy (non-hydrogen) atoms. The molecule has 2 N–H and O–H groups in total. The highest BCUT2D eigenvalue weighted by atomic mass is 79.9. The van der Waals surface area contributed by atoms with Gasteiger partial charge in [-0.2, -0.15) is 5.10 Å². The van der Waals surface area contributed by atoms with Crippen molar-refractivity contribution in [2.45, 2.75) is 0 Å². The topological polar surface area (TPSA) is 107 Å². The van der Waals surface area contributed by atoms with E-state index in [9.17, 15) is 4.79 Å². The molecule has 0 aliphatic rings. The maximum Gasteiger partial charge on any atom is 0.274 e. The van der Waals surface area contributed by atoms with E-state index < -0.39 is 5.91 Å². The lowest BCUT2D eigenvalue weighted by molar-refractivity contribution is 0.102. The smallest absolute Gasteiger partial charge is 0.274 e. The van der Waals surface area contributed by atoms with Crippen molar-refractivity contribution in [3.8, 4) is 0 Å². The first-order valence-corrected chi connectivity index (χ1v) is 5.65. The summed E-state index contributed by atoms with van der Waals surface area (Å²) in [7, 11) is 0. The van der Waals surface area contributed by atoms with Crippen molar-refractivity contribution in [3.63, 3.8) is 0 Å². The lowest BCUT2D eigenvalue weighted by Crippen LogP contribution is -2.12. The maximum absolute atomic E-state index is 11.9. The second-order valence-corrected chi connectivity index (χ2v) is 4.20. The number of rotatable bonds is 3. The molecule has 90 valence electrons. The van der Waals surface area contributed by atoms with Gasteiger partial charge in [0.15, 0.2) is 0 Å². The summed E-state index contributed by atoms with van der Waals surface area (Å²) in [6.07, 6.45) is 1.29. The van der Waals surface area contributed by atoms with Crippen molar-refractivity contribution in [1.29, 1.82) is 0 Å². The molecule has 0 fully saturated rings. The van der Waals surface area contributed by atoms with Crippen LogP contribution in [0.4, 0.5) is 11.4 Å². The molecular weight excluding hydrogens is 300 g/mol. The number of carbonyl (C=O) groups excluding carboxylic acids is 1. The van der Waals surface area contributed by atoms with E-state index in [-0.39, 0.29) is 11.4 Å². The predicted octanol–water partition coefficient (Wildman–Crippen LogP) is 3.37. The number of H-pyrrole nitrogens is 1. The van der Waals surface area contributed by atoms with E-state index in [2.05, 4.69) is 41.5 Å². The molecule has 0 aliphatic carbocycles. The number of hydrogen-bond acceptors (Lipinski definition) is 3. The van der Waals surface area contributed by atoms with Gasteiger partial charge in [-0.1, -0.05) is 21.0 Å². The standard InChI is InChI=1S/C10H7BrN6O/c11-6-1-3-7(4-2-6)14-10(18)9-8(15-17-12)5-13-16-9/h1-5H,(H,13,16)(H,14,18). The number of aromatic nitrogens is 2. The number of halogens is 1. The van der Waals surface area contributed by atoms with Crippen molar-refractivity contribution in [1.82, 2.24) is 10.2 Å². The highest BCUT2D eigenvalue weighted by molar-refractivity contribution is 9.10. The molecule has 1 aromatic heterocycles. The molecule has 0 spiro atoms. The van der Waals surface area contributed by atoms with E-state index in [1.165, 1.54) is 6.20 Å². The average molecular weight is 307 g/mol. The van der Waals surface area contributed by atoms with Crippen LogP contribution in [0.25, 0.3) is 10.4 Å². The van der Waals surface area contributed by atoms with Gasteiger partial charge in [-0.25, -0.2) is 0 Å². The van der Waals surface area contributed by atoms with E-state index in [0.717, 1.165) is 4.47 Å². The number of nitrogens with one attached hydrogen (secondary N) is 2. The second kappa shape index (κ2) is 5.35. The van der Waals surface area contributed by atoms with Gasteiger partial charge in [0.1, 0.15) is 5.69 Å². The lowest BCUT2D eigenvalue weighted by Gasteiger charge is -2.03. The Morgan fingerprint density at radius 3 is 2.83 bits per heavy atom. The minimum atomic E-state index is -0.419.